The molecule has 0 radical (unpaired) electrons. The molecule has 1 heterocycles. The third-order valence-electron chi connectivity index (χ3n) is 2.43. The van der Waals surface area contributed by atoms with E-state index in [1.165, 1.54) is 25.5 Å². The molecule has 3 nitrogen and oxygen atoms in total. The maximum Gasteiger partial charge on any atom is 0.175 e. The summed E-state index contributed by atoms with van der Waals surface area (Å²) >= 11 is 3.17. The van der Waals surface area contributed by atoms with Crippen LogP contribution >= 0.6 is 15.9 Å². The van der Waals surface area contributed by atoms with E-state index in [4.69, 9.17) is 9.15 Å². The van der Waals surface area contributed by atoms with Gasteiger partial charge in [-0.2, -0.15) is 0 Å². The van der Waals surface area contributed by atoms with Crippen LogP contribution in [0.1, 0.15) is 17.2 Å². The highest BCUT2D eigenvalue weighted by atomic mass is 79.9. The number of rotatable bonds is 3. The first-order valence-corrected chi connectivity index (χ1v) is 5.67. The van der Waals surface area contributed by atoms with Crippen LogP contribution < -0.4 is 4.74 Å². The summed E-state index contributed by atoms with van der Waals surface area (Å²) in [6.45, 7) is 0. The number of benzene rings is 1. The lowest BCUT2D eigenvalue weighted by Crippen LogP contribution is -2.00. The van der Waals surface area contributed by atoms with Crippen LogP contribution in [0.25, 0.3) is 0 Å². The van der Waals surface area contributed by atoms with Gasteiger partial charge in [-0.25, -0.2) is 4.39 Å². The number of aliphatic hydroxyl groups is 1. The summed E-state index contributed by atoms with van der Waals surface area (Å²) in [5, 5.41) is 10.1. The van der Waals surface area contributed by atoms with Crippen molar-refractivity contribution in [2.45, 2.75) is 6.10 Å². The maximum absolute atomic E-state index is 13.5. The molecule has 0 aliphatic rings. The van der Waals surface area contributed by atoms with E-state index in [9.17, 15) is 9.50 Å². The summed E-state index contributed by atoms with van der Waals surface area (Å²) < 4.78 is 23.7. The Bertz CT molecular complexity index is 524. The second kappa shape index (κ2) is 4.89. The third-order valence-corrected chi connectivity index (χ3v) is 3.08. The van der Waals surface area contributed by atoms with Gasteiger partial charge in [0, 0.05) is 5.56 Å². The van der Waals surface area contributed by atoms with Crippen molar-refractivity contribution >= 4 is 15.9 Å². The molecule has 0 bridgehead atoms. The van der Waals surface area contributed by atoms with E-state index in [0.717, 1.165) is 0 Å². The second-order valence-electron chi connectivity index (χ2n) is 3.45. The monoisotopic (exact) mass is 300 g/mol. The van der Waals surface area contributed by atoms with E-state index in [1.807, 2.05) is 0 Å². The molecule has 0 aliphatic carbocycles. The van der Waals surface area contributed by atoms with Crippen LogP contribution in [0.15, 0.2) is 39.6 Å². The highest BCUT2D eigenvalue weighted by Gasteiger charge is 2.17. The van der Waals surface area contributed by atoms with E-state index < -0.39 is 11.9 Å². The van der Waals surface area contributed by atoms with Gasteiger partial charge < -0.3 is 14.3 Å². The Morgan fingerprint density at radius 3 is 2.71 bits per heavy atom. The van der Waals surface area contributed by atoms with E-state index in [-0.39, 0.29) is 5.75 Å². The minimum Gasteiger partial charge on any atom is -0.494 e. The van der Waals surface area contributed by atoms with Crippen LogP contribution in [-0.4, -0.2) is 12.2 Å². The Balaban J connectivity index is 2.35. The van der Waals surface area contributed by atoms with Crippen LogP contribution in [0.5, 0.6) is 5.75 Å². The van der Waals surface area contributed by atoms with Crippen LogP contribution in [0, 0.1) is 5.82 Å². The van der Waals surface area contributed by atoms with Gasteiger partial charge in [0.1, 0.15) is 6.10 Å². The van der Waals surface area contributed by atoms with Crippen molar-refractivity contribution in [3.8, 4) is 5.75 Å². The molecule has 2 rings (SSSR count). The normalized spacial score (nSPS) is 12.5. The highest BCUT2D eigenvalue weighted by Crippen LogP contribution is 2.31. The summed E-state index contributed by atoms with van der Waals surface area (Å²) in [4.78, 5) is 0. The number of aliphatic hydroxyl groups excluding tert-OH is 1. The molecule has 1 aromatic heterocycles. The Hall–Kier alpha value is -1.33. The van der Waals surface area contributed by atoms with Crippen LogP contribution in [0.2, 0.25) is 0 Å². The van der Waals surface area contributed by atoms with Crippen LogP contribution in [0.3, 0.4) is 0 Å². The zero-order chi connectivity index (χ0) is 12.4. The van der Waals surface area contributed by atoms with Crippen molar-refractivity contribution in [2.75, 3.05) is 7.11 Å². The molecule has 90 valence electrons. The number of furan rings is 1. The molecule has 0 spiro atoms. The van der Waals surface area contributed by atoms with Crippen molar-refractivity contribution in [1.82, 2.24) is 0 Å². The van der Waals surface area contributed by atoms with Gasteiger partial charge in [-0.05, 0) is 39.7 Å². The molecule has 17 heavy (non-hydrogen) atoms. The number of halogens is 2. The molecule has 0 fully saturated rings. The predicted molar refractivity (Wildman–Crippen MR) is 63.4 cm³/mol. The quantitative estimate of drug-likeness (QED) is 0.946. The van der Waals surface area contributed by atoms with Gasteiger partial charge in [0.05, 0.1) is 13.4 Å². The predicted octanol–water partition coefficient (Wildman–Crippen LogP) is 3.27. The maximum atomic E-state index is 13.5. The summed E-state index contributed by atoms with van der Waals surface area (Å²) in [6, 6.07) is 5.94. The fourth-order valence-corrected chi connectivity index (χ4v) is 1.99. The molecule has 5 heteroatoms. The van der Waals surface area contributed by atoms with Gasteiger partial charge in [-0.1, -0.05) is 6.07 Å². The molecule has 0 saturated carbocycles. The Kier molecular flexibility index (Phi) is 3.49. The Morgan fingerprint density at radius 1 is 1.41 bits per heavy atom. The second-order valence-corrected chi connectivity index (χ2v) is 4.17. The van der Waals surface area contributed by atoms with Crippen LogP contribution in [-0.2, 0) is 0 Å². The first kappa shape index (κ1) is 12.1. The average molecular weight is 301 g/mol. The standard InChI is InChI=1S/C12H10BrFO3/c1-16-10-3-2-7(6-9(10)14)11(15)8-4-5-17-12(8)13/h2-6,11,15H,1H3. The highest BCUT2D eigenvalue weighted by molar-refractivity contribution is 9.10. The van der Waals surface area contributed by atoms with Crippen molar-refractivity contribution < 1.29 is 18.7 Å². The number of methoxy groups -OCH3 is 1. The van der Waals surface area contributed by atoms with E-state index in [0.29, 0.717) is 15.8 Å². The molecular weight excluding hydrogens is 291 g/mol. The van der Waals surface area contributed by atoms with Crippen molar-refractivity contribution in [2.24, 2.45) is 0 Å². The molecular formula is C12H10BrFO3. The molecule has 1 N–H and O–H groups in total. The largest absolute Gasteiger partial charge is 0.494 e. The van der Waals surface area contributed by atoms with E-state index in [1.54, 1.807) is 12.1 Å². The lowest BCUT2D eigenvalue weighted by Gasteiger charge is -2.11. The molecule has 1 atom stereocenters. The van der Waals surface area contributed by atoms with Gasteiger partial charge in [-0.15, -0.1) is 0 Å². The molecule has 0 saturated heterocycles. The molecule has 0 amide bonds. The Morgan fingerprint density at radius 2 is 2.18 bits per heavy atom. The van der Waals surface area contributed by atoms with Gasteiger partial charge in [0.15, 0.2) is 16.2 Å². The summed E-state index contributed by atoms with van der Waals surface area (Å²) in [6.07, 6.45) is 0.506. The number of ether oxygens (including phenoxy) is 1. The summed E-state index contributed by atoms with van der Waals surface area (Å²) in [5.41, 5.74) is 0.986. The first-order valence-electron chi connectivity index (χ1n) is 4.88. The lowest BCUT2D eigenvalue weighted by molar-refractivity contribution is 0.217. The first-order chi connectivity index (χ1) is 8.13. The fourth-order valence-electron chi connectivity index (χ4n) is 1.53. The third kappa shape index (κ3) is 2.35. The van der Waals surface area contributed by atoms with E-state index in [2.05, 4.69) is 15.9 Å². The zero-order valence-corrected chi connectivity index (χ0v) is 10.6. The zero-order valence-electron chi connectivity index (χ0n) is 8.98. The SMILES string of the molecule is COc1ccc(C(O)c2ccoc2Br)cc1F. The number of hydrogen-bond acceptors (Lipinski definition) is 3. The van der Waals surface area contributed by atoms with Gasteiger partial charge in [0.2, 0.25) is 0 Å². The molecule has 1 aromatic carbocycles. The fraction of sp³-hybridized carbons (Fsp3) is 0.167. The van der Waals surface area contributed by atoms with Crippen molar-refractivity contribution in [3.63, 3.8) is 0 Å². The minimum atomic E-state index is -0.941. The Labute approximate surface area is 106 Å². The van der Waals surface area contributed by atoms with Crippen LogP contribution in [0.4, 0.5) is 4.39 Å². The van der Waals surface area contributed by atoms with Gasteiger partial charge >= 0.3 is 0 Å². The smallest absolute Gasteiger partial charge is 0.175 e. The van der Waals surface area contributed by atoms with Crippen molar-refractivity contribution in [3.05, 3.63) is 52.1 Å². The van der Waals surface area contributed by atoms with Gasteiger partial charge in [-0.3, -0.25) is 0 Å². The molecule has 2 aromatic rings. The number of hydrogen-bond donors (Lipinski definition) is 1. The topological polar surface area (TPSA) is 42.6 Å². The molecule has 1 unspecified atom stereocenters. The molecule has 0 aliphatic heterocycles. The van der Waals surface area contributed by atoms with Gasteiger partial charge in [0.25, 0.3) is 0 Å². The lowest BCUT2D eigenvalue weighted by atomic mass is 10.0. The summed E-state index contributed by atoms with van der Waals surface area (Å²) in [5.74, 6) is -0.365. The van der Waals surface area contributed by atoms with E-state index >= 15 is 0 Å². The average Bonchev–Trinajstić information content (AvgIpc) is 2.74. The minimum absolute atomic E-state index is 0.146. The summed E-state index contributed by atoms with van der Waals surface area (Å²) in [7, 11) is 1.39. The van der Waals surface area contributed by atoms with Crippen molar-refractivity contribution in [1.29, 1.82) is 0 Å².